The number of rotatable bonds is 5. The molecule has 17 heavy (non-hydrogen) atoms. The van der Waals surface area contributed by atoms with Crippen molar-refractivity contribution in [2.75, 3.05) is 5.75 Å². The molecule has 0 amide bonds. The van der Waals surface area contributed by atoms with Crippen LogP contribution in [0.5, 0.6) is 0 Å². The monoisotopic (exact) mass is 295 g/mol. The molecule has 0 spiro atoms. The van der Waals surface area contributed by atoms with Crippen LogP contribution in [-0.2, 0) is 9.84 Å². The highest BCUT2D eigenvalue weighted by Gasteiger charge is 2.18. The zero-order chi connectivity index (χ0) is 13.1. The largest absolute Gasteiger partial charge is 0.328 e. The van der Waals surface area contributed by atoms with Gasteiger partial charge in [-0.25, -0.2) is 8.42 Å². The predicted octanol–water partition coefficient (Wildman–Crippen LogP) is 2.89. The highest BCUT2D eigenvalue weighted by molar-refractivity contribution is 7.91. The first kappa shape index (κ1) is 14.8. The Kier molecular flexibility index (Phi) is 5.25. The van der Waals surface area contributed by atoms with Gasteiger partial charge in [-0.1, -0.05) is 23.2 Å². The van der Waals surface area contributed by atoms with Gasteiger partial charge < -0.3 is 5.73 Å². The Hall–Kier alpha value is -0.290. The van der Waals surface area contributed by atoms with Crippen molar-refractivity contribution in [3.05, 3.63) is 28.2 Å². The lowest BCUT2D eigenvalue weighted by molar-refractivity contribution is 0.585. The first-order valence-corrected chi connectivity index (χ1v) is 7.67. The average molecular weight is 296 g/mol. The van der Waals surface area contributed by atoms with Crippen molar-refractivity contribution in [3.8, 4) is 0 Å². The molecule has 0 radical (unpaired) electrons. The Morgan fingerprint density at radius 2 is 2.00 bits per heavy atom. The SMILES string of the molecule is CC(N)CCCS(=O)(=O)c1cc(Cl)ccc1Cl. The molecule has 1 rings (SSSR count). The van der Waals surface area contributed by atoms with E-state index in [9.17, 15) is 8.42 Å². The molecule has 3 nitrogen and oxygen atoms in total. The smallest absolute Gasteiger partial charge is 0.179 e. The van der Waals surface area contributed by atoms with Crippen molar-refractivity contribution in [2.24, 2.45) is 5.73 Å². The molecule has 0 bridgehead atoms. The molecule has 0 heterocycles. The van der Waals surface area contributed by atoms with Gasteiger partial charge in [0, 0.05) is 11.1 Å². The van der Waals surface area contributed by atoms with Crippen molar-refractivity contribution in [1.29, 1.82) is 0 Å². The minimum atomic E-state index is -3.38. The maximum atomic E-state index is 12.0. The van der Waals surface area contributed by atoms with E-state index in [2.05, 4.69) is 0 Å². The van der Waals surface area contributed by atoms with Crippen LogP contribution in [0.15, 0.2) is 23.1 Å². The summed E-state index contributed by atoms with van der Waals surface area (Å²) in [6.45, 7) is 1.85. The Labute approximate surface area is 112 Å². The van der Waals surface area contributed by atoms with Crippen LogP contribution in [0.2, 0.25) is 10.0 Å². The van der Waals surface area contributed by atoms with E-state index in [1.165, 1.54) is 12.1 Å². The van der Waals surface area contributed by atoms with Crippen molar-refractivity contribution in [3.63, 3.8) is 0 Å². The van der Waals surface area contributed by atoms with Crippen LogP contribution in [0.25, 0.3) is 0 Å². The average Bonchev–Trinajstić information content (AvgIpc) is 2.20. The van der Waals surface area contributed by atoms with E-state index < -0.39 is 9.84 Å². The lowest BCUT2D eigenvalue weighted by Crippen LogP contribution is -2.17. The third-order valence-corrected chi connectivity index (χ3v) is 4.81. The van der Waals surface area contributed by atoms with E-state index in [1.54, 1.807) is 6.07 Å². The molecule has 0 aliphatic carbocycles. The molecule has 6 heteroatoms. The van der Waals surface area contributed by atoms with Gasteiger partial charge in [0.15, 0.2) is 9.84 Å². The van der Waals surface area contributed by atoms with Crippen LogP contribution >= 0.6 is 23.2 Å². The summed E-state index contributed by atoms with van der Waals surface area (Å²) in [5.41, 5.74) is 5.57. The highest BCUT2D eigenvalue weighted by atomic mass is 35.5. The molecule has 1 aromatic rings. The van der Waals surface area contributed by atoms with Crippen LogP contribution in [0, 0.1) is 0 Å². The number of halogens is 2. The molecule has 0 aliphatic heterocycles. The number of hydrogen-bond donors (Lipinski definition) is 1. The van der Waals surface area contributed by atoms with E-state index in [0.29, 0.717) is 17.9 Å². The maximum absolute atomic E-state index is 12.0. The van der Waals surface area contributed by atoms with Gasteiger partial charge in [0.05, 0.1) is 15.7 Å². The normalized spacial score (nSPS) is 13.6. The molecule has 0 aliphatic rings. The second kappa shape index (κ2) is 6.05. The van der Waals surface area contributed by atoms with Crippen molar-refractivity contribution in [1.82, 2.24) is 0 Å². The molecule has 0 saturated carbocycles. The Balaban J connectivity index is 2.86. The van der Waals surface area contributed by atoms with Crippen molar-refractivity contribution >= 4 is 33.0 Å². The molecule has 96 valence electrons. The number of benzene rings is 1. The second-order valence-corrected chi connectivity index (χ2v) is 6.93. The topological polar surface area (TPSA) is 60.2 Å². The highest BCUT2D eigenvalue weighted by Crippen LogP contribution is 2.26. The summed E-state index contributed by atoms with van der Waals surface area (Å²) in [7, 11) is -3.38. The molecule has 0 saturated heterocycles. The summed E-state index contributed by atoms with van der Waals surface area (Å²) in [5, 5.41) is 0.565. The van der Waals surface area contributed by atoms with Gasteiger partial charge in [-0.15, -0.1) is 0 Å². The van der Waals surface area contributed by atoms with E-state index in [4.69, 9.17) is 28.9 Å². The first-order chi connectivity index (χ1) is 7.83. The Morgan fingerprint density at radius 1 is 1.35 bits per heavy atom. The zero-order valence-electron chi connectivity index (χ0n) is 9.49. The Morgan fingerprint density at radius 3 is 2.59 bits per heavy atom. The minimum absolute atomic E-state index is 0.0000308. The number of sulfone groups is 1. The van der Waals surface area contributed by atoms with E-state index in [1.807, 2.05) is 6.92 Å². The van der Waals surface area contributed by atoms with Crippen molar-refractivity contribution in [2.45, 2.75) is 30.7 Å². The Bertz CT molecular complexity index is 486. The fourth-order valence-electron chi connectivity index (χ4n) is 1.42. The molecule has 1 unspecified atom stereocenters. The molecular formula is C11H15Cl2NO2S. The first-order valence-electron chi connectivity index (χ1n) is 5.26. The number of hydrogen-bond acceptors (Lipinski definition) is 3. The maximum Gasteiger partial charge on any atom is 0.179 e. The standard InChI is InChI=1S/C11H15Cl2NO2S/c1-8(14)3-2-6-17(15,16)11-7-9(12)4-5-10(11)13/h4-5,7-8H,2-3,6,14H2,1H3. The minimum Gasteiger partial charge on any atom is -0.328 e. The van der Waals surface area contributed by atoms with E-state index in [-0.39, 0.29) is 21.7 Å². The van der Waals surface area contributed by atoms with Gasteiger partial charge >= 0.3 is 0 Å². The zero-order valence-corrected chi connectivity index (χ0v) is 11.8. The van der Waals surface area contributed by atoms with Crippen LogP contribution in [0.3, 0.4) is 0 Å². The molecule has 0 aromatic heterocycles. The fraction of sp³-hybridized carbons (Fsp3) is 0.455. The van der Waals surface area contributed by atoms with Gasteiger partial charge in [-0.2, -0.15) is 0 Å². The van der Waals surface area contributed by atoms with Crippen LogP contribution in [-0.4, -0.2) is 20.2 Å². The summed E-state index contributed by atoms with van der Waals surface area (Å²) in [6.07, 6.45) is 1.18. The van der Waals surface area contributed by atoms with Crippen molar-refractivity contribution < 1.29 is 8.42 Å². The molecule has 1 atom stereocenters. The van der Waals surface area contributed by atoms with Gasteiger partial charge in [0.25, 0.3) is 0 Å². The summed E-state index contributed by atoms with van der Waals surface area (Å²) < 4.78 is 24.0. The van der Waals surface area contributed by atoms with Crippen LogP contribution in [0.4, 0.5) is 0 Å². The molecule has 1 aromatic carbocycles. The van der Waals surface area contributed by atoms with E-state index in [0.717, 1.165) is 0 Å². The van der Waals surface area contributed by atoms with Crippen LogP contribution < -0.4 is 5.73 Å². The van der Waals surface area contributed by atoms with Crippen LogP contribution in [0.1, 0.15) is 19.8 Å². The second-order valence-electron chi connectivity index (χ2n) is 4.01. The fourth-order valence-corrected chi connectivity index (χ4v) is 3.57. The summed E-state index contributed by atoms with van der Waals surface area (Å²) in [4.78, 5) is 0.0938. The quantitative estimate of drug-likeness (QED) is 0.908. The summed E-state index contributed by atoms with van der Waals surface area (Å²) >= 11 is 11.6. The third-order valence-electron chi connectivity index (χ3n) is 2.30. The molecule has 0 fully saturated rings. The lowest BCUT2D eigenvalue weighted by atomic mass is 10.2. The van der Waals surface area contributed by atoms with E-state index >= 15 is 0 Å². The number of nitrogens with two attached hydrogens (primary N) is 1. The lowest BCUT2D eigenvalue weighted by Gasteiger charge is -2.08. The summed E-state index contributed by atoms with van der Waals surface area (Å²) in [6, 6.07) is 4.43. The molecular weight excluding hydrogens is 281 g/mol. The van der Waals surface area contributed by atoms with Gasteiger partial charge in [-0.05, 0) is 38.0 Å². The summed E-state index contributed by atoms with van der Waals surface area (Å²) in [5.74, 6) is 0.0363. The molecule has 2 N–H and O–H groups in total. The predicted molar refractivity (Wildman–Crippen MR) is 71.4 cm³/mol. The van der Waals surface area contributed by atoms with Gasteiger partial charge in [-0.3, -0.25) is 0 Å². The van der Waals surface area contributed by atoms with Gasteiger partial charge in [0.2, 0.25) is 0 Å². The third kappa shape index (κ3) is 4.47. The van der Waals surface area contributed by atoms with Gasteiger partial charge in [0.1, 0.15) is 0 Å².